The van der Waals surface area contributed by atoms with E-state index in [-0.39, 0.29) is 19.4 Å². The molecule has 0 aliphatic carbocycles. The number of carbonyl (C=O) groups excluding carboxylic acids is 1. The van der Waals surface area contributed by atoms with Crippen LogP contribution in [-0.4, -0.2) is 66.8 Å². The molecule has 0 aromatic carbocycles. The van der Waals surface area contributed by atoms with Crippen molar-refractivity contribution >= 4 is 32.3 Å². The number of pyridine rings is 1. The fraction of sp³-hybridized carbons (Fsp3) is 0.462. The van der Waals surface area contributed by atoms with Crippen LogP contribution in [0, 0.1) is 5.41 Å². The Kier molecular flexibility index (Phi) is 5.42. The van der Waals surface area contributed by atoms with Gasteiger partial charge in [-0.2, -0.15) is 26.7 Å². The second-order valence-electron chi connectivity index (χ2n) is 6.41. The summed E-state index contributed by atoms with van der Waals surface area (Å²) in [6.07, 6.45) is -4.08. The van der Waals surface area contributed by atoms with E-state index in [1.807, 2.05) is 4.72 Å². The van der Waals surface area contributed by atoms with Gasteiger partial charge in [0, 0.05) is 12.7 Å². The molecule has 0 radical (unpaired) electrons. The van der Waals surface area contributed by atoms with Gasteiger partial charge in [-0.05, 0) is 25.0 Å². The van der Waals surface area contributed by atoms with Gasteiger partial charge in [0.1, 0.15) is 16.4 Å². The molecule has 12 nitrogen and oxygen atoms in total. The minimum absolute atomic E-state index is 0.0638. The van der Waals surface area contributed by atoms with Crippen LogP contribution < -0.4 is 4.72 Å². The van der Waals surface area contributed by atoms with Crippen LogP contribution in [0.4, 0.5) is 18.0 Å². The summed E-state index contributed by atoms with van der Waals surface area (Å²) in [6, 6.07) is -1.69. The number of hydrogen-bond donors (Lipinski definition) is 3. The molecule has 3 N–H and O–H groups in total. The van der Waals surface area contributed by atoms with Crippen LogP contribution in [0.1, 0.15) is 18.5 Å². The van der Waals surface area contributed by atoms with E-state index in [1.54, 1.807) is 0 Å². The number of nitrogens with zero attached hydrogens (tertiary/aromatic N) is 3. The van der Waals surface area contributed by atoms with Crippen LogP contribution in [0.2, 0.25) is 0 Å². The summed E-state index contributed by atoms with van der Waals surface area (Å²) in [6.45, 7) is -0.0923. The van der Waals surface area contributed by atoms with Gasteiger partial charge in [0.05, 0.1) is 12.1 Å². The van der Waals surface area contributed by atoms with E-state index in [2.05, 4.69) is 9.27 Å². The van der Waals surface area contributed by atoms with E-state index in [0.29, 0.717) is 23.4 Å². The first kappa shape index (κ1) is 22.2. The Hall–Kier alpha value is -2.50. The summed E-state index contributed by atoms with van der Waals surface area (Å²) in [7, 11) is -9.44. The summed E-state index contributed by atoms with van der Waals surface area (Å²) in [5, 5.41) is 8.43. The van der Waals surface area contributed by atoms with Crippen LogP contribution in [0.15, 0.2) is 23.2 Å². The lowest BCUT2D eigenvalue weighted by Gasteiger charge is -2.30. The van der Waals surface area contributed by atoms with E-state index in [4.69, 9.17) is 9.96 Å². The van der Waals surface area contributed by atoms with E-state index in [9.17, 15) is 34.8 Å². The molecule has 2 unspecified atom stereocenters. The van der Waals surface area contributed by atoms with Gasteiger partial charge in [-0.25, -0.2) is 13.2 Å². The molecule has 0 saturated carbocycles. The fourth-order valence-corrected chi connectivity index (χ4v) is 4.48. The molecule has 2 amide bonds. The topological polar surface area (TPSA) is 170 Å². The van der Waals surface area contributed by atoms with E-state index in [0.717, 1.165) is 4.90 Å². The van der Waals surface area contributed by atoms with Gasteiger partial charge in [0.15, 0.2) is 0 Å². The van der Waals surface area contributed by atoms with Crippen molar-refractivity contribution in [1.29, 1.82) is 5.41 Å². The molecule has 2 bridgehead atoms. The van der Waals surface area contributed by atoms with E-state index < -0.39 is 61.1 Å². The first-order chi connectivity index (χ1) is 13.7. The highest BCUT2D eigenvalue weighted by Crippen LogP contribution is 2.31. The van der Waals surface area contributed by atoms with Gasteiger partial charge < -0.3 is 4.90 Å². The average molecular weight is 473 g/mol. The molecule has 1 aromatic heterocycles. The molecule has 2 saturated heterocycles. The molecule has 3 rings (SSSR count). The highest BCUT2D eigenvalue weighted by atomic mass is 32.3. The van der Waals surface area contributed by atoms with Crippen molar-refractivity contribution in [3.8, 4) is 0 Å². The van der Waals surface area contributed by atoms with Crippen LogP contribution in [0.5, 0.6) is 0 Å². The molecule has 17 heteroatoms. The minimum Gasteiger partial charge on any atom is -0.310 e. The number of carbonyl (C=O) groups is 1. The SMILES string of the molecule is N=C(NS(=O)(=O)c1ccc(C(F)(F)F)nc1)C1CCC2CN1C(=O)N2OS(=O)(=O)O. The Morgan fingerprint density at radius 3 is 2.47 bits per heavy atom. The largest absolute Gasteiger partial charge is 0.433 e. The van der Waals surface area contributed by atoms with E-state index >= 15 is 0 Å². The zero-order valence-electron chi connectivity index (χ0n) is 14.7. The molecule has 30 heavy (non-hydrogen) atoms. The average Bonchev–Trinajstić information content (AvgIpc) is 2.84. The fourth-order valence-electron chi connectivity index (χ4n) is 3.11. The number of halogens is 3. The predicted octanol–water partition coefficient (Wildman–Crippen LogP) is 0.359. The number of amidine groups is 1. The summed E-state index contributed by atoms with van der Waals surface area (Å²) in [5.74, 6) is -0.657. The Labute approximate surface area is 168 Å². The van der Waals surface area contributed by atoms with Crippen LogP contribution in [-0.2, 0) is 30.9 Å². The number of fused-ring (bicyclic) bond motifs is 2. The number of urea groups is 1. The first-order valence-electron chi connectivity index (χ1n) is 8.10. The molecule has 166 valence electrons. The zero-order valence-corrected chi connectivity index (χ0v) is 16.3. The van der Waals surface area contributed by atoms with Crippen LogP contribution in [0.25, 0.3) is 0 Å². The quantitative estimate of drug-likeness (QED) is 0.313. The number of nitrogens with one attached hydrogen (secondary N) is 2. The van der Waals surface area contributed by atoms with Gasteiger partial charge in [-0.3, -0.25) is 19.7 Å². The molecule has 2 aliphatic rings. The maximum atomic E-state index is 12.6. The van der Waals surface area contributed by atoms with Gasteiger partial charge >= 0.3 is 22.6 Å². The lowest BCUT2D eigenvalue weighted by molar-refractivity contribution is -0.141. The lowest BCUT2D eigenvalue weighted by Crippen LogP contribution is -2.50. The number of hydrogen-bond acceptors (Lipinski definition) is 8. The molecule has 2 aliphatic heterocycles. The van der Waals surface area contributed by atoms with Gasteiger partial charge in [0.2, 0.25) is 0 Å². The highest BCUT2D eigenvalue weighted by Gasteiger charge is 2.48. The second kappa shape index (κ2) is 7.33. The van der Waals surface area contributed by atoms with Crippen molar-refractivity contribution in [2.24, 2.45) is 0 Å². The molecule has 2 atom stereocenters. The van der Waals surface area contributed by atoms with Crippen molar-refractivity contribution in [2.75, 3.05) is 6.54 Å². The molecule has 2 fully saturated rings. The second-order valence-corrected chi connectivity index (χ2v) is 9.09. The third-order valence-corrected chi connectivity index (χ3v) is 6.11. The molecule has 3 heterocycles. The number of alkyl halides is 3. The number of aromatic nitrogens is 1. The summed E-state index contributed by atoms with van der Waals surface area (Å²) in [5.41, 5.74) is -1.29. The number of piperidine rings is 1. The van der Waals surface area contributed by atoms with Crippen molar-refractivity contribution < 1.29 is 43.6 Å². The smallest absolute Gasteiger partial charge is 0.310 e. The normalized spacial score (nSPS) is 22.3. The molecule has 1 aromatic rings. The van der Waals surface area contributed by atoms with Crippen LogP contribution >= 0.6 is 0 Å². The third-order valence-electron chi connectivity index (χ3n) is 4.41. The summed E-state index contributed by atoms with van der Waals surface area (Å²) in [4.78, 5) is 15.7. The summed E-state index contributed by atoms with van der Waals surface area (Å²) < 4.78 is 99.0. The Morgan fingerprint density at radius 1 is 1.27 bits per heavy atom. The lowest BCUT2D eigenvalue weighted by atomic mass is 10.0. The van der Waals surface area contributed by atoms with Gasteiger partial charge in [0.25, 0.3) is 10.0 Å². The standard InChI is InChI=1S/C13H14F3N5O7S2/c14-13(15,16)10-4-2-8(5-18-10)29(23,24)19-11(17)9-3-1-7-6-20(9)12(22)21(7)28-30(25,26)27/h2,4-5,7,9H,1,3,6H2,(H2,17,19)(H,25,26,27). The number of rotatable bonds is 5. The number of sulfonamides is 1. The van der Waals surface area contributed by atoms with Gasteiger partial charge in [-0.15, -0.1) is 4.28 Å². The monoisotopic (exact) mass is 473 g/mol. The Bertz CT molecular complexity index is 1080. The maximum absolute atomic E-state index is 12.6. The molecule has 0 spiro atoms. The first-order valence-corrected chi connectivity index (χ1v) is 11.0. The predicted molar refractivity (Wildman–Crippen MR) is 90.7 cm³/mol. The van der Waals surface area contributed by atoms with Crippen LogP contribution in [0.3, 0.4) is 0 Å². The zero-order chi connectivity index (χ0) is 22.5. The third kappa shape index (κ3) is 4.47. The van der Waals surface area contributed by atoms with Crippen molar-refractivity contribution in [3.63, 3.8) is 0 Å². The Morgan fingerprint density at radius 2 is 1.93 bits per heavy atom. The minimum atomic E-state index is -4.97. The van der Waals surface area contributed by atoms with E-state index in [1.165, 1.54) is 0 Å². The molecular formula is C13H14F3N5O7S2. The van der Waals surface area contributed by atoms with Crippen molar-refractivity contribution in [2.45, 2.75) is 36.0 Å². The summed E-state index contributed by atoms with van der Waals surface area (Å²) >= 11 is 0. The maximum Gasteiger partial charge on any atom is 0.433 e. The molecular weight excluding hydrogens is 459 g/mol. The number of hydroxylamine groups is 2. The van der Waals surface area contributed by atoms with Crippen molar-refractivity contribution in [1.82, 2.24) is 19.7 Å². The number of amides is 2. The Balaban J connectivity index is 1.74. The van der Waals surface area contributed by atoms with Gasteiger partial charge in [-0.1, -0.05) is 0 Å². The highest BCUT2D eigenvalue weighted by molar-refractivity contribution is 7.90. The van der Waals surface area contributed by atoms with Crippen molar-refractivity contribution in [3.05, 3.63) is 24.0 Å².